The molecular weight excluding hydrogens is 1000 g/mol. The molecule has 13 aromatic carbocycles. The van der Waals surface area contributed by atoms with Gasteiger partial charge in [-0.3, -0.25) is 0 Å². The second-order valence-electron chi connectivity index (χ2n) is 23.0. The van der Waals surface area contributed by atoms with Gasteiger partial charge in [0.2, 0.25) is 0 Å². The van der Waals surface area contributed by atoms with Crippen molar-refractivity contribution < 1.29 is 0 Å². The van der Waals surface area contributed by atoms with Gasteiger partial charge >= 0.3 is 0 Å². The molecule has 0 N–H and O–H groups in total. The van der Waals surface area contributed by atoms with E-state index in [0.29, 0.717) is 0 Å². The first-order valence-corrected chi connectivity index (χ1v) is 29.1. The monoisotopic (exact) mass is 1050 g/mol. The van der Waals surface area contributed by atoms with E-state index >= 15 is 0 Å². The fraction of sp³-hybridized carbons (Fsp3) is 0. The predicted molar refractivity (Wildman–Crippen MR) is 352 cm³/mol. The molecule has 4 aliphatic heterocycles. The second-order valence-corrected chi connectivity index (χ2v) is 23.0. The standard InChI is InChI=1S/C78H47B2N3/c1-5-19-48(20-6-1)52-35-39-66-60(43-52)61-44-53(49-21-7-2-8-22-49)36-40-67(61)81(66)72-47-73(82-68-41-37-54(50-23-9-3-10-24-50)45-62(68)63-46-55(38-42-69(63)82)51-25-11-4-12-26-51)77-78-76(72)79-64-31-15-13-27-56(64)58-29-17-33-70(74(58)79)83(78)71-34-18-30-59-57-28-14-16-32-65(57)80(77)75(59)71/h1-47H. The lowest BCUT2D eigenvalue weighted by Crippen LogP contribution is -2.64. The van der Waals surface area contributed by atoms with Crippen LogP contribution in [0.15, 0.2) is 285 Å². The summed E-state index contributed by atoms with van der Waals surface area (Å²) >= 11 is 0. The number of aromatic nitrogens is 2. The zero-order valence-corrected chi connectivity index (χ0v) is 45.1. The average Bonchev–Trinajstić information content (AvgIpc) is 1.71. The Labute approximate surface area is 481 Å². The Hall–Kier alpha value is -10.6. The van der Waals surface area contributed by atoms with Crippen LogP contribution in [0.2, 0.25) is 0 Å². The molecule has 4 aliphatic rings. The van der Waals surface area contributed by atoms with Crippen molar-refractivity contribution in [1.29, 1.82) is 0 Å². The van der Waals surface area contributed by atoms with Crippen molar-refractivity contribution in [1.82, 2.24) is 9.13 Å². The summed E-state index contributed by atoms with van der Waals surface area (Å²) < 4.78 is 5.31. The van der Waals surface area contributed by atoms with Crippen molar-refractivity contribution in [2.45, 2.75) is 0 Å². The number of fused-ring (bicyclic) bond motifs is 16. The first-order valence-electron chi connectivity index (χ1n) is 29.1. The summed E-state index contributed by atoms with van der Waals surface area (Å²) in [4.78, 5) is 2.71. The van der Waals surface area contributed by atoms with Gasteiger partial charge in [0.05, 0.1) is 22.1 Å². The number of nitrogens with zero attached hydrogens (tertiary/aromatic N) is 3. The van der Waals surface area contributed by atoms with E-state index in [1.165, 1.54) is 172 Å². The van der Waals surface area contributed by atoms with Gasteiger partial charge < -0.3 is 14.0 Å². The molecule has 0 unspecified atom stereocenters. The van der Waals surface area contributed by atoms with Crippen LogP contribution in [0.4, 0.5) is 17.1 Å². The summed E-state index contributed by atoms with van der Waals surface area (Å²) in [6.45, 7) is -0.0972. The highest BCUT2D eigenvalue weighted by Crippen LogP contribution is 2.48. The molecule has 0 aliphatic carbocycles. The summed E-state index contributed by atoms with van der Waals surface area (Å²) in [6, 6.07) is 108. The molecule has 0 saturated carbocycles. The number of hydrogen-bond donors (Lipinski definition) is 0. The fourth-order valence-corrected chi connectivity index (χ4v) is 15.5. The van der Waals surface area contributed by atoms with Gasteiger partial charge in [0, 0.05) is 50.0 Å². The zero-order valence-electron chi connectivity index (χ0n) is 45.1. The lowest BCUT2D eigenvalue weighted by atomic mass is 9.32. The van der Waals surface area contributed by atoms with E-state index in [9.17, 15) is 0 Å². The molecule has 15 aromatic rings. The lowest BCUT2D eigenvalue weighted by molar-refractivity contribution is 1.14. The van der Waals surface area contributed by atoms with Gasteiger partial charge in [-0.05, 0) is 155 Å². The molecule has 19 rings (SSSR count). The molecule has 0 amide bonds. The molecule has 0 spiro atoms. The molecule has 0 atom stereocenters. The maximum atomic E-state index is 2.71. The smallest absolute Gasteiger partial charge is 0.250 e. The number of rotatable bonds is 6. The van der Waals surface area contributed by atoms with Crippen molar-refractivity contribution in [2.75, 3.05) is 4.90 Å². The van der Waals surface area contributed by atoms with Gasteiger partial charge in [0.25, 0.3) is 13.4 Å². The first kappa shape index (κ1) is 45.2. The molecule has 2 aromatic heterocycles. The zero-order chi connectivity index (χ0) is 54.0. The van der Waals surface area contributed by atoms with Crippen molar-refractivity contribution in [3.8, 4) is 78.1 Å². The Kier molecular flexibility index (Phi) is 9.23. The minimum Gasteiger partial charge on any atom is -0.312 e. The summed E-state index contributed by atoms with van der Waals surface area (Å²) in [5.74, 6) is 0. The molecule has 0 saturated heterocycles. The molecule has 380 valence electrons. The Bertz CT molecular complexity index is 4750. The molecule has 3 nitrogen and oxygen atoms in total. The van der Waals surface area contributed by atoms with Crippen molar-refractivity contribution in [3.05, 3.63) is 285 Å². The fourth-order valence-electron chi connectivity index (χ4n) is 15.5. The van der Waals surface area contributed by atoms with Crippen LogP contribution in [0, 0.1) is 0 Å². The van der Waals surface area contributed by atoms with E-state index in [0.717, 1.165) is 0 Å². The van der Waals surface area contributed by atoms with Crippen LogP contribution >= 0.6 is 0 Å². The van der Waals surface area contributed by atoms with E-state index in [1.54, 1.807) is 0 Å². The van der Waals surface area contributed by atoms with Crippen molar-refractivity contribution in [3.63, 3.8) is 0 Å². The van der Waals surface area contributed by atoms with Gasteiger partial charge in [-0.25, -0.2) is 0 Å². The van der Waals surface area contributed by atoms with Crippen molar-refractivity contribution in [2.24, 2.45) is 0 Å². The molecule has 6 heterocycles. The highest BCUT2D eigenvalue weighted by Gasteiger charge is 2.52. The Morgan fingerprint density at radius 1 is 0.217 bits per heavy atom. The highest BCUT2D eigenvalue weighted by atomic mass is 15.2. The van der Waals surface area contributed by atoms with Gasteiger partial charge in [-0.15, -0.1) is 0 Å². The van der Waals surface area contributed by atoms with Crippen LogP contribution in [0.1, 0.15) is 0 Å². The Balaban J connectivity index is 1.01. The minimum absolute atomic E-state index is 0.0486. The van der Waals surface area contributed by atoms with Gasteiger partial charge in [-0.2, -0.15) is 0 Å². The third-order valence-corrected chi connectivity index (χ3v) is 18.9. The normalized spacial score (nSPS) is 13.0. The number of anilines is 3. The van der Waals surface area contributed by atoms with Crippen LogP contribution in [0.25, 0.3) is 122 Å². The number of hydrogen-bond acceptors (Lipinski definition) is 1. The van der Waals surface area contributed by atoms with E-state index in [-0.39, 0.29) is 13.4 Å². The van der Waals surface area contributed by atoms with Crippen LogP contribution < -0.4 is 37.7 Å². The van der Waals surface area contributed by atoms with E-state index in [2.05, 4.69) is 299 Å². The van der Waals surface area contributed by atoms with E-state index < -0.39 is 0 Å². The Morgan fingerprint density at radius 2 is 0.530 bits per heavy atom. The van der Waals surface area contributed by atoms with Gasteiger partial charge in [-0.1, -0.05) is 229 Å². The van der Waals surface area contributed by atoms with E-state index in [1.807, 2.05) is 0 Å². The summed E-state index contributed by atoms with van der Waals surface area (Å²) in [6.07, 6.45) is 0. The number of benzene rings is 13. The second kappa shape index (κ2) is 17.0. The maximum Gasteiger partial charge on any atom is 0.250 e. The van der Waals surface area contributed by atoms with Gasteiger partial charge in [0.1, 0.15) is 0 Å². The largest absolute Gasteiger partial charge is 0.312 e. The van der Waals surface area contributed by atoms with Crippen LogP contribution in [-0.4, -0.2) is 22.6 Å². The third-order valence-electron chi connectivity index (χ3n) is 18.9. The van der Waals surface area contributed by atoms with Crippen LogP contribution in [0.5, 0.6) is 0 Å². The van der Waals surface area contributed by atoms with Crippen molar-refractivity contribution >= 4 is 107 Å². The highest BCUT2D eigenvalue weighted by molar-refractivity contribution is 7.06. The van der Waals surface area contributed by atoms with E-state index in [4.69, 9.17) is 0 Å². The average molecular weight is 1050 g/mol. The molecule has 0 radical (unpaired) electrons. The first-order chi connectivity index (χ1) is 41.2. The Morgan fingerprint density at radius 3 is 0.880 bits per heavy atom. The lowest BCUT2D eigenvalue weighted by Gasteiger charge is -2.44. The van der Waals surface area contributed by atoms with Crippen LogP contribution in [0.3, 0.4) is 0 Å². The summed E-state index contributed by atoms with van der Waals surface area (Å²) in [7, 11) is 0. The third kappa shape index (κ3) is 6.20. The van der Waals surface area contributed by atoms with Gasteiger partial charge in [0.15, 0.2) is 0 Å². The predicted octanol–water partition coefficient (Wildman–Crippen LogP) is 15.6. The summed E-state index contributed by atoms with van der Waals surface area (Å²) in [5.41, 5.74) is 33.9. The quantitative estimate of drug-likeness (QED) is 0.151. The van der Waals surface area contributed by atoms with Crippen LogP contribution in [-0.2, 0) is 0 Å². The SMILES string of the molecule is c1ccc(-c2ccc3c(c2)c2cc(-c4ccccc4)ccc2n3-c2cc(-n3c4ccc(-c5ccccc5)cc4c4cc(-c5ccccc5)ccc43)c3c4c2B2c5ccccc5-c5cccc(c52)N4c2cccc4c2B3c2ccccc2-4)cc1. The molecule has 5 heteroatoms. The maximum absolute atomic E-state index is 2.71. The molecule has 0 fully saturated rings. The molecule has 0 bridgehead atoms. The summed E-state index contributed by atoms with van der Waals surface area (Å²) in [5, 5.41) is 4.91. The minimum atomic E-state index is -0.0486. The topological polar surface area (TPSA) is 13.1 Å². The molecule has 83 heavy (non-hydrogen) atoms. The molecular formula is C78H47B2N3.